The van der Waals surface area contributed by atoms with Gasteiger partial charge in [-0.3, -0.25) is 0 Å². The van der Waals surface area contributed by atoms with E-state index in [1.165, 1.54) is 18.2 Å². The average molecular weight is 252 g/mol. The molecular formula is C7H4F3OZr. The molecule has 0 radical (unpaired) electrons. The van der Waals surface area contributed by atoms with E-state index in [4.69, 9.17) is 0 Å². The molecule has 12 heavy (non-hydrogen) atoms. The van der Waals surface area contributed by atoms with E-state index in [-0.39, 0.29) is 5.75 Å². The monoisotopic (exact) mass is 251 g/mol. The van der Waals surface area contributed by atoms with Crippen molar-refractivity contribution in [2.45, 2.75) is 6.18 Å². The van der Waals surface area contributed by atoms with Gasteiger partial charge < -0.3 is 0 Å². The molecule has 5 heteroatoms. The van der Waals surface area contributed by atoms with Gasteiger partial charge in [-0.1, -0.05) is 0 Å². The molecule has 0 amide bonds. The van der Waals surface area contributed by atoms with Crippen molar-refractivity contribution in [1.29, 1.82) is 0 Å². The molecule has 1 aromatic rings. The zero-order valence-corrected chi connectivity index (χ0v) is 8.31. The predicted octanol–water partition coefficient (Wildman–Crippen LogP) is 2.55. The Morgan fingerprint density at radius 1 is 1.17 bits per heavy atom. The molecular weight excluding hydrogens is 248 g/mol. The van der Waals surface area contributed by atoms with E-state index in [0.717, 1.165) is 6.07 Å². The van der Waals surface area contributed by atoms with E-state index in [2.05, 4.69) is 2.81 Å². The van der Waals surface area contributed by atoms with Crippen LogP contribution in [0.2, 0.25) is 0 Å². The molecule has 0 saturated heterocycles. The molecule has 0 bridgehead atoms. The minimum absolute atomic E-state index is 0.108. The van der Waals surface area contributed by atoms with Crippen LogP contribution in [0.25, 0.3) is 0 Å². The molecule has 0 atom stereocenters. The summed E-state index contributed by atoms with van der Waals surface area (Å²) in [7, 11) is 0. The predicted molar refractivity (Wildman–Crippen MR) is 32.1 cm³/mol. The maximum absolute atomic E-state index is 12.2. The zero-order chi connectivity index (χ0) is 9.19. The molecule has 0 heterocycles. The Hall–Kier alpha value is -0.307. The SMILES string of the molecule is FC(F)(F)c1ccccc1[O][Zr]. The van der Waals surface area contributed by atoms with Gasteiger partial charge in [0.05, 0.1) is 0 Å². The van der Waals surface area contributed by atoms with Crippen LogP contribution in [0.5, 0.6) is 5.75 Å². The van der Waals surface area contributed by atoms with Crippen LogP contribution in [-0.4, -0.2) is 0 Å². The van der Waals surface area contributed by atoms with Gasteiger partial charge in [0, 0.05) is 0 Å². The van der Waals surface area contributed by atoms with Crippen molar-refractivity contribution in [3.05, 3.63) is 29.8 Å². The first-order valence-corrected chi connectivity index (χ1v) is 4.06. The molecule has 1 nitrogen and oxygen atoms in total. The average Bonchev–Trinajstić information content (AvgIpc) is 2.03. The van der Waals surface area contributed by atoms with Crippen LogP contribution in [0, 0.1) is 0 Å². The van der Waals surface area contributed by atoms with Gasteiger partial charge in [-0.15, -0.1) is 0 Å². The fourth-order valence-electron chi connectivity index (χ4n) is 0.790. The number of halogens is 3. The van der Waals surface area contributed by atoms with Crippen molar-refractivity contribution >= 4 is 0 Å². The molecule has 1 aromatic carbocycles. The molecule has 0 aromatic heterocycles. The summed E-state index contributed by atoms with van der Waals surface area (Å²) in [6.07, 6.45) is -4.33. The fraction of sp³-hybridized carbons (Fsp3) is 0.143. The van der Waals surface area contributed by atoms with Gasteiger partial charge in [0.1, 0.15) is 0 Å². The molecule has 1 rings (SSSR count). The molecule has 0 saturated carbocycles. The Labute approximate surface area is 83.0 Å². The van der Waals surface area contributed by atoms with Crippen molar-refractivity contribution in [3.8, 4) is 5.75 Å². The molecule has 0 unspecified atom stereocenters. The number of hydrogen-bond acceptors (Lipinski definition) is 1. The topological polar surface area (TPSA) is 9.23 Å². The third-order valence-corrected chi connectivity index (χ3v) is 1.84. The summed E-state index contributed by atoms with van der Waals surface area (Å²) in [5.74, 6) is -0.108. The Morgan fingerprint density at radius 3 is 2.17 bits per heavy atom. The molecule has 63 valence electrons. The first kappa shape index (κ1) is 9.78. The Balaban J connectivity index is 3.14. The first-order valence-electron chi connectivity index (χ1n) is 3.05. The van der Waals surface area contributed by atoms with Crippen LogP contribution in [0.3, 0.4) is 0 Å². The maximum atomic E-state index is 12.2. The fourth-order valence-corrected chi connectivity index (χ4v) is 1.23. The Kier molecular flexibility index (Phi) is 2.94. The van der Waals surface area contributed by atoms with Crippen molar-refractivity contribution in [3.63, 3.8) is 0 Å². The second kappa shape index (κ2) is 3.61. The number of hydrogen-bond donors (Lipinski definition) is 0. The quantitative estimate of drug-likeness (QED) is 0.746. The molecule has 0 fully saturated rings. The van der Waals surface area contributed by atoms with E-state index in [1.807, 2.05) is 0 Å². The van der Waals surface area contributed by atoms with Crippen LogP contribution in [-0.2, 0) is 31.3 Å². The minimum atomic E-state index is -4.33. The third kappa shape index (κ3) is 2.10. The summed E-state index contributed by atoms with van der Waals surface area (Å²) < 4.78 is 41.1. The zero-order valence-electron chi connectivity index (χ0n) is 5.85. The second-order valence-corrected chi connectivity index (χ2v) is 2.60. The standard InChI is InChI=1S/C7H5F3O.Zr/c8-7(9,10)5-3-1-2-4-6(5)11;/h1-4,11H;/q;+1/p-1. The Morgan fingerprint density at radius 2 is 1.75 bits per heavy atom. The van der Waals surface area contributed by atoms with Crippen LogP contribution in [0.4, 0.5) is 13.2 Å². The van der Waals surface area contributed by atoms with Crippen LogP contribution < -0.4 is 2.81 Å². The van der Waals surface area contributed by atoms with Gasteiger partial charge in [0.25, 0.3) is 0 Å². The molecule has 0 spiro atoms. The van der Waals surface area contributed by atoms with Gasteiger partial charge in [-0.2, -0.15) is 0 Å². The molecule has 0 aliphatic rings. The molecule has 0 aliphatic carbocycles. The van der Waals surface area contributed by atoms with Gasteiger partial charge in [-0.25, -0.2) is 0 Å². The Bertz CT molecular complexity index is 272. The van der Waals surface area contributed by atoms with Gasteiger partial charge in [-0.05, 0) is 0 Å². The van der Waals surface area contributed by atoms with Crippen LogP contribution in [0.15, 0.2) is 24.3 Å². The van der Waals surface area contributed by atoms with E-state index in [9.17, 15) is 13.2 Å². The van der Waals surface area contributed by atoms with Gasteiger partial charge in [0.2, 0.25) is 0 Å². The van der Waals surface area contributed by atoms with Crippen molar-refractivity contribution in [2.24, 2.45) is 0 Å². The molecule has 0 N–H and O–H groups in total. The summed E-state index contributed by atoms with van der Waals surface area (Å²) >= 11 is 0.595. The molecule has 0 aliphatic heterocycles. The summed E-state index contributed by atoms with van der Waals surface area (Å²) in [5, 5.41) is 0. The summed E-state index contributed by atoms with van der Waals surface area (Å²) in [6.45, 7) is 0. The van der Waals surface area contributed by atoms with Crippen molar-refractivity contribution in [2.75, 3.05) is 0 Å². The van der Waals surface area contributed by atoms with Gasteiger partial charge in [0.15, 0.2) is 0 Å². The summed E-state index contributed by atoms with van der Waals surface area (Å²) in [4.78, 5) is 0. The van der Waals surface area contributed by atoms with Crippen molar-refractivity contribution < 1.29 is 41.1 Å². The van der Waals surface area contributed by atoms with E-state index in [1.54, 1.807) is 0 Å². The van der Waals surface area contributed by atoms with E-state index >= 15 is 0 Å². The number of para-hydroxylation sites is 1. The number of rotatable bonds is 1. The number of benzene rings is 1. The normalized spacial score (nSPS) is 11.2. The second-order valence-electron chi connectivity index (χ2n) is 2.10. The van der Waals surface area contributed by atoms with E-state index in [0.29, 0.717) is 25.2 Å². The first-order chi connectivity index (χ1) is 5.55. The van der Waals surface area contributed by atoms with Gasteiger partial charge >= 0.3 is 82.9 Å². The summed E-state index contributed by atoms with van der Waals surface area (Å²) in [5.41, 5.74) is -0.721. The van der Waals surface area contributed by atoms with E-state index < -0.39 is 11.7 Å². The van der Waals surface area contributed by atoms with Crippen molar-refractivity contribution in [1.82, 2.24) is 0 Å². The third-order valence-electron chi connectivity index (χ3n) is 1.30. The van der Waals surface area contributed by atoms with Crippen LogP contribution in [0.1, 0.15) is 5.56 Å². The van der Waals surface area contributed by atoms with Crippen LogP contribution >= 0.6 is 0 Å². The number of alkyl halides is 3. The summed E-state index contributed by atoms with van der Waals surface area (Å²) in [6, 6.07) is 5.15.